The summed E-state index contributed by atoms with van der Waals surface area (Å²) in [5.74, 6) is 0.688. The van der Waals surface area contributed by atoms with E-state index in [0.29, 0.717) is 17.4 Å². The molecule has 96 valence electrons. The summed E-state index contributed by atoms with van der Waals surface area (Å²) in [5.41, 5.74) is 0.633. The predicted octanol–water partition coefficient (Wildman–Crippen LogP) is 2.95. The van der Waals surface area contributed by atoms with Gasteiger partial charge >= 0.3 is 0 Å². The molecule has 1 rings (SSSR count). The number of anilines is 1. The van der Waals surface area contributed by atoms with Crippen molar-refractivity contribution < 1.29 is 9.84 Å². The third-order valence-corrected chi connectivity index (χ3v) is 3.19. The van der Waals surface area contributed by atoms with Crippen LogP contribution in [0, 0.1) is 0 Å². The Hall–Kier alpha value is -0.930. The highest BCUT2D eigenvalue weighted by atomic mass is 35.5. The van der Waals surface area contributed by atoms with Gasteiger partial charge in [-0.3, -0.25) is 0 Å². The van der Waals surface area contributed by atoms with Gasteiger partial charge in [-0.2, -0.15) is 0 Å². The molecular weight excluding hydrogens is 238 g/mol. The van der Waals surface area contributed by atoms with E-state index in [1.807, 2.05) is 50.9 Å². The lowest BCUT2D eigenvalue weighted by molar-refractivity contribution is 0.216. The Bertz CT molecular complexity index is 380. The number of likely N-dealkylation sites (N-methyl/N-ethyl adjacent to an activating group) is 1. The van der Waals surface area contributed by atoms with Crippen LogP contribution < -0.4 is 9.64 Å². The van der Waals surface area contributed by atoms with E-state index in [4.69, 9.17) is 16.3 Å². The van der Waals surface area contributed by atoms with Crippen molar-refractivity contribution in [3.05, 3.63) is 23.2 Å². The molecule has 4 heteroatoms. The van der Waals surface area contributed by atoms with Crippen LogP contribution in [-0.4, -0.2) is 30.9 Å². The SMILES string of the molecule is CCOc1ccc(N(C)C(C)(C)CO)cc1Cl. The van der Waals surface area contributed by atoms with Crippen molar-refractivity contribution >= 4 is 17.3 Å². The monoisotopic (exact) mass is 257 g/mol. The van der Waals surface area contributed by atoms with Crippen molar-refractivity contribution in [1.29, 1.82) is 0 Å². The van der Waals surface area contributed by atoms with Crippen LogP contribution in [0.5, 0.6) is 5.75 Å². The van der Waals surface area contributed by atoms with Crippen LogP contribution in [0.3, 0.4) is 0 Å². The molecule has 0 saturated heterocycles. The van der Waals surface area contributed by atoms with E-state index >= 15 is 0 Å². The van der Waals surface area contributed by atoms with Crippen molar-refractivity contribution in [1.82, 2.24) is 0 Å². The minimum Gasteiger partial charge on any atom is -0.492 e. The van der Waals surface area contributed by atoms with E-state index in [0.717, 1.165) is 5.69 Å². The molecule has 1 N–H and O–H groups in total. The minimum atomic E-state index is -0.323. The van der Waals surface area contributed by atoms with Gasteiger partial charge in [-0.15, -0.1) is 0 Å². The Morgan fingerprint density at radius 1 is 1.41 bits per heavy atom. The summed E-state index contributed by atoms with van der Waals surface area (Å²) in [6, 6.07) is 5.64. The number of aliphatic hydroxyl groups is 1. The van der Waals surface area contributed by atoms with Gasteiger partial charge in [0.15, 0.2) is 0 Å². The number of benzene rings is 1. The molecule has 0 saturated carbocycles. The van der Waals surface area contributed by atoms with E-state index in [1.165, 1.54) is 0 Å². The third kappa shape index (κ3) is 3.27. The molecule has 0 fully saturated rings. The topological polar surface area (TPSA) is 32.7 Å². The summed E-state index contributed by atoms with van der Waals surface area (Å²) >= 11 is 6.13. The molecule has 0 unspecified atom stereocenters. The van der Waals surface area contributed by atoms with Crippen molar-refractivity contribution in [3.63, 3.8) is 0 Å². The van der Waals surface area contributed by atoms with Gasteiger partial charge in [-0.25, -0.2) is 0 Å². The van der Waals surface area contributed by atoms with Gasteiger partial charge in [0.05, 0.1) is 23.8 Å². The average molecular weight is 258 g/mol. The Morgan fingerprint density at radius 3 is 2.53 bits per heavy atom. The number of hydrogen-bond acceptors (Lipinski definition) is 3. The van der Waals surface area contributed by atoms with Gasteiger partial charge < -0.3 is 14.7 Å². The summed E-state index contributed by atoms with van der Waals surface area (Å²) in [6.07, 6.45) is 0. The average Bonchev–Trinajstić information content (AvgIpc) is 2.31. The zero-order chi connectivity index (χ0) is 13.1. The fraction of sp³-hybridized carbons (Fsp3) is 0.538. The second-order valence-corrected chi connectivity index (χ2v) is 4.98. The maximum atomic E-state index is 9.33. The van der Waals surface area contributed by atoms with Crippen molar-refractivity contribution in [2.24, 2.45) is 0 Å². The fourth-order valence-electron chi connectivity index (χ4n) is 1.43. The summed E-state index contributed by atoms with van der Waals surface area (Å²) in [4.78, 5) is 1.99. The number of hydrogen-bond donors (Lipinski definition) is 1. The number of halogens is 1. The molecule has 0 amide bonds. The lowest BCUT2D eigenvalue weighted by Gasteiger charge is -2.36. The van der Waals surface area contributed by atoms with Crippen LogP contribution in [0.25, 0.3) is 0 Å². The van der Waals surface area contributed by atoms with Gasteiger partial charge in [0.1, 0.15) is 5.75 Å². The van der Waals surface area contributed by atoms with Crippen molar-refractivity contribution in [2.45, 2.75) is 26.3 Å². The highest BCUT2D eigenvalue weighted by molar-refractivity contribution is 6.32. The van der Waals surface area contributed by atoms with Gasteiger partial charge in [0.25, 0.3) is 0 Å². The molecule has 17 heavy (non-hydrogen) atoms. The molecule has 1 aromatic rings. The Morgan fingerprint density at radius 2 is 2.06 bits per heavy atom. The first-order valence-electron chi connectivity index (χ1n) is 5.69. The summed E-state index contributed by atoms with van der Waals surface area (Å²) < 4.78 is 5.38. The number of rotatable bonds is 5. The third-order valence-electron chi connectivity index (χ3n) is 2.90. The highest BCUT2D eigenvalue weighted by Gasteiger charge is 2.23. The predicted molar refractivity (Wildman–Crippen MR) is 72.2 cm³/mol. The molecule has 0 aliphatic carbocycles. The number of aliphatic hydroxyl groups excluding tert-OH is 1. The molecule has 0 spiro atoms. The maximum Gasteiger partial charge on any atom is 0.138 e. The van der Waals surface area contributed by atoms with Gasteiger partial charge in [-0.1, -0.05) is 11.6 Å². The minimum absolute atomic E-state index is 0.0777. The van der Waals surface area contributed by atoms with Crippen LogP contribution in [0.15, 0.2) is 18.2 Å². The molecule has 0 aliphatic heterocycles. The van der Waals surface area contributed by atoms with Gasteiger partial charge in [-0.05, 0) is 39.0 Å². The zero-order valence-corrected chi connectivity index (χ0v) is 11.6. The summed E-state index contributed by atoms with van der Waals surface area (Å²) in [7, 11) is 1.93. The van der Waals surface area contributed by atoms with Crippen LogP contribution >= 0.6 is 11.6 Å². The van der Waals surface area contributed by atoms with Crippen molar-refractivity contribution in [3.8, 4) is 5.75 Å². The Kier molecular flexibility index (Phi) is 4.66. The summed E-state index contributed by atoms with van der Waals surface area (Å²) in [5, 5.41) is 9.92. The standard InChI is InChI=1S/C13H20ClNO2/c1-5-17-12-7-6-10(8-11(12)14)15(4)13(2,3)9-16/h6-8,16H,5,9H2,1-4H3. The van der Waals surface area contributed by atoms with Crippen molar-refractivity contribution in [2.75, 3.05) is 25.2 Å². The molecule has 0 atom stereocenters. The molecule has 0 aromatic heterocycles. The van der Waals surface area contributed by atoms with E-state index in [1.54, 1.807) is 0 Å². The van der Waals surface area contributed by atoms with Gasteiger partial charge in [0.2, 0.25) is 0 Å². The molecule has 0 heterocycles. The van der Waals surface area contributed by atoms with Crippen LogP contribution in [0.4, 0.5) is 5.69 Å². The summed E-state index contributed by atoms with van der Waals surface area (Å²) in [6.45, 7) is 6.53. The number of ether oxygens (including phenoxy) is 1. The highest BCUT2D eigenvalue weighted by Crippen LogP contribution is 2.31. The second-order valence-electron chi connectivity index (χ2n) is 4.58. The first kappa shape index (κ1) is 14.1. The first-order chi connectivity index (χ1) is 7.92. The lowest BCUT2D eigenvalue weighted by atomic mass is 10.0. The molecule has 0 radical (unpaired) electrons. The van der Waals surface area contributed by atoms with Crippen LogP contribution in [-0.2, 0) is 0 Å². The molecule has 1 aromatic carbocycles. The normalized spacial score (nSPS) is 11.4. The molecule has 0 aliphatic rings. The Labute approximate surface area is 108 Å². The molecule has 0 bridgehead atoms. The largest absolute Gasteiger partial charge is 0.492 e. The van der Waals surface area contributed by atoms with Gasteiger partial charge in [0, 0.05) is 12.7 Å². The van der Waals surface area contributed by atoms with E-state index in [9.17, 15) is 5.11 Å². The number of nitrogens with zero attached hydrogens (tertiary/aromatic N) is 1. The van der Waals surface area contributed by atoms with Crippen LogP contribution in [0.1, 0.15) is 20.8 Å². The molecular formula is C13H20ClNO2. The smallest absolute Gasteiger partial charge is 0.138 e. The van der Waals surface area contributed by atoms with E-state index in [-0.39, 0.29) is 12.1 Å². The quantitative estimate of drug-likeness (QED) is 0.880. The van der Waals surface area contributed by atoms with Crippen LogP contribution in [0.2, 0.25) is 5.02 Å². The second kappa shape index (κ2) is 5.61. The van der Waals surface area contributed by atoms with E-state index < -0.39 is 0 Å². The molecule has 3 nitrogen and oxygen atoms in total. The first-order valence-corrected chi connectivity index (χ1v) is 6.07. The Balaban J connectivity index is 2.97. The van der Waals surface area contributed by atoms with E-state index in [2.05, 4.69) is 0 Å². The fourth-order valence-corrected chi connectivity index (χ4v) is 1.66. The zero-order valence-electron chi connectivity index (χ0n) is 10.8. The lowest BCUT2D eigenvalue weighted by Crippen LogP contribution is -2.44. The maximum absolute atomic E-state index is 9.33.